The highest BCUT2D eigenvalue weighted by molar-refractivity contribution is 5.99. The molecule has 0 saturated heterocycles. The van der Waals surface area contributed by atoms with Crippen molar-refractivity contribution in [2.45, 2.75) is 26.8 Å². The number of hydrogen-bond acceptors (Lipinski definition) is 4. The fraction of sp³-hybridized carbons (Fsp3) is 0.636. The minimum absolute atomic E-state index is 0.175. The number of likely N-dealkylation sites (N-methyl/N-ethyl adjacent to an activating group) is 1. The molecule has 4 N–H and O–H groups in total. The summed E-state index contributed by atoms with van der Waals surface area (Å²) in [4.78, 5) is 14.0. The van der Waals surface area contributed by atoms with Crippen LogP contribution in [0.2, 0.25) is 0 Å². The second-order valence-corrected chi connectivity index (χ2v) is 4.44. The molecule has 1 rings (SSSR count). The highest BCUT2D eigenvalue weighted by atomic mass is 16.1. The third-order valence-electron chi connectivity index (χ3n) is 2.83. The maximum Gasteiger partial charge on any atom is 0.256 e. The molecule has 1 aromatic rings. The van der Waals surface area contributed by atoms with Crippen molar-refractivity contribution >= 4 is 11.7 Å². The third-order valence-corrected chi connectivity index (χ3v) is 2.83. The highest BCUT2D eigenvalue weighted by Gasteiger charge is 2.15. The van der Waals surface area contributed by atoms with Gasteiger partial charge in [-0.3, -0.25) is 9.89 Å². The Morgan fingerprint density at radius 3 is 2.71 bits per heavy atom. The van der Waals surface area contributed by atoms with Crippen LogP contribution in [-0.4, -0.2) is 47.2 Å². The lowest BCUT2D eigenvalue weighted by Crippen LogP contribution is -2.36. The van der Waals surface area contributed by atoms with Crippen LogP contribution in [0, 0.1) is 6.92 Å². The van der Waals surface area contributed by atoms with Crippen molar-refractivity contribution in [2.75, 3.05) is 25.9 Å². The van der Waals surface area contributed by atoms with Gasteiger partial charge >= 0.3 is 0 Å². The van der Waals surface area contributed by atoms with Crippen LogP contribution in [0.15, 0.2) is 0 Å². The number of nitrogens with zero attached hydrogens (tertiary/aromatic N) is 2. The molecule has 6 heteroatoms. The monoisotopic (exact) mass is 239 g/mol. The molecule has 0 fully saturated rings. The molecule has 0 aliphatic rings. The number of nitrogen functional groups attached to an aromatic ring is 1. The lowest BCUT2D eigenvalue weighted by atomic mass is 10.2. The van der Waals surface area contributed by atoms with E-state index >= 15 is 0 Å². The molecule has 0 unspecified atom stereocenters. The van der Waals surface area contributed by atoms with Gasteiger partial charge in [0.1, 0.15) is 5.56 Å². The zero-order chi connectivity index (χ0) is 13.0. The standard InChI is InChI=1S/C11H21N5O/c1-7(2)16(4)6-5-13-11(17)9-8(3)14-15-10(9)12/h7H,5-6H2,1-4H3,(H,13,17)(H3,12,14,15). The minimum Gasteiger partial charge on any atom is -0.382 e. The molecule has 0 bridgehead atoms. The molecule has 0 spiro atoms. The number of amides is 1. The quantitative estimate of drug-likeness (QED) is 0.693. The first-order valence-electron chi connectivity index (χ1n) is 5.72. The fourth-order valence-corrected chi connectivity index (χ4v) is 1.43. The zero-order valence-corrected chi connectivity index (χ0v) is 10.9. The van der Waals surface area contributed by atoms with Gasteiger partial charge in [-0.2, -0.15) is 5.10 Å². The number of hydrogen-bond donors (Lipinski definition) is 3. The van der Waals surface area contributed by atoms with Crippen LogP contribution in [0.1, 0.15) is 29.9 Å². The second-order valence-electron chi connectivity index (χ2n) is 4.44. The number of aryl methyl sites for hydroxylation is 1. The van der Waals surface area contributed by atoms with Gasteiger partial charge in [-0.05, 0) is 27.8 Å². The van der Waals surface area contributed by atoms with Crippen molar-refractivity contribution in [3.05, 3.63) is 11.3 Å². The van der Waals surface area contributed by atoms with Crippen LogP contribution in [0.5, 0.6) is 0 Å². The number of aromatic nitrogens is 2. The average Bonchev–Trinajstić information content (AvgIpc) is 2.58. The Morgan fingerprint density at radius 1 is 1.59 bits per heavy atom. The van der Waals surface area contributed by atoms with Crippen LogP contribution < -0.4 is 11.1 Å². The first-order valence-corrected chi connectivity index (χ1v) is 5.72. The molecule has 0 saturated carbocycles. The number of nitrogens with one attached hydrogen (secondary N) is 2. The van der Waals surface area contributed by atoms with Crippen molar-refractivity contribution in [2.24, 2.45) is 0 Å². The van der Waals surface area contributed by atoms with Gasteiger partial charge in [0.2, 0.25) is 0 Å². The molecule has 0 aliphatic heterocycles. The fourth-order valence-electron chi connectivity index (χ4n) is 1.43. The molecule has 0 aromatic carbocycles. The van der Waals surface area contributed by atoms with Gasteiger partial charge in [0.15, 0.2) is 5.82 Å². The first kappa shape index (κ1) is 13.5. The van der Waals surface area contributed by atoms with E-state index in [-0.39, 0.29) is 11.7 Å². The summed E-state index contributed by atoms with van der Waals surface area (Å²) in [5.41, 5.74) is 6.74. The Kier molecular flexibility index (Phi) is 4.51. The van der Waals surface area contributed by atoms with E-state index in [1.165, 1.54) is 0 Å². The molecule has 1 aromatic heterocycles. The van der Waals surface area contributed by atoms with Crippen LogP contribution in [0.3, 0.4) is 0 Å². The number of aromatic amines is 1. The summed E-state index contributed by atoms with van der Waals surface area (Å²) in [6.07, 6.45) is 0. The van der Waals surface area contributed by atoms with E-state index in [2.05, 4.69) is 34.3 Å². The Balaban J connectivity index is 2.46. The number of rotatable bonds is 5. The Bertz CT molecular complexity index is 366. The van der Waals surface area contributed by atoms with Crippen LogP contribution in [-0.2, 0) is 0 Å². The maximum absolute atomic E-state index is 11.8. The number of anilines is 1. The molecule has 6 nitrogen and oxygen atoms in total. The Labute approximate surface area is 102 Å². The number of H-pyrrole nitrogens is 1. The molecule has 1 amide bonds. The van der Waals surface area contributed by atoms with E-state index in [0.29, 0.717) is 23.8 Å². The van der Waals surface area contributed by atoms with Crippen molar-refractivity contribution in [3.63, 3.8) is 0 Å². The first-order chi connectivity index (χ1) is 7.93. The van der Waals surface area contributed by atoms with Gasteiger partial charge in [-0.15, -0.1) is 0 Å². The van der Waals surface area contributed by atoms with Gasteiger partial charge in [-0.25, -0.2) is 0 Å². The van der Waals surface area contributed by atoms with Crippen molar-refractivity contribution in [1.29, 1.82) is 0 Å². The number of carbonyl (C=O) groups is 1. The van der Waals surface area contributed by atoms with Crippen molar-refractivity contribution in [1.82, 2.24) is 20.4 Å². The van der Waals surface area contributed by atoms with E-state index in [1.807, 2.05) is 7.05 Å². The van der Waals surface area contributed by atoms with Gasteiger partial charge in [-0.1, -0.05) is 0 Å². The number of nitrogens with two attached hydrogens (primary N) is 1. The summed E-state index contributed by atoms with van der Waals surface area (Å²) in [7, 11) is 2.02. The molecule has 0 aliphatic carbocycles. The lowest BCUT2D eigenvalue weighted by molar-refractivity contribution is 0.0948. The normalized spacial score (nSPS) is 11.2. The second kappa shape index (κ2) is 5.67. The summed E-state index contributed by atoms with van der Waals surface area (Å²) < 4.78 is 0. The summed E-state index contributed by atoms with van der Waals surface area (Å²) in [5.74, 6) is 0.0723. The van der Waals surface area contributed by atoms with Gasteiger partial charge in [0, 0.05) is 24.8 Å². The van der Waals surface area contributed by atoms with E-state index < -0.39 is 0 Å². The van der Waals surface area contributed by atoms with Gasteiger partial charge < -0.3 is 16.0 Å². The molecule has 17 heavy (non-hydrogen) atoms. The minimum atomic E-state index is -0.175. The van der Waals surface area contributed by atoms with Crippen LogP contribution in [0.25, 0.3) is 0 Å². The summed E-state index contributed by atoms with van der Waals surface area (Å²) in [6, 6.07) is 0.465. The topological polar surface area (TPSA) is 87.0 Å². The van der Waals surface area contributed by atoms with Crippen molar-refractivity contribution in [3.8, 4) is 0 Å². The van der Waals surface area contributed by atoms with E-state index in [9.17, 15) is 4.79 Å². The maximum atomic E-state index is 11.8. The number of carbonyl (C=O) groups excluding carboxylic acids is 1. The molecule has 1 heterocycles. The van der Waals surface area contributed by atoms with Crippen LogP contribution in [0.4, 0.5) is 5.82 Å². The van der Waals surface area contributed by atoms with Gasteiger partial charge in [0.25, 0.3) is 5.91 Å². The largest absolute Gasteiger partial charge is 0.382 e. The van der Waals surface area contributed by atoms with Crippen LogP contribution >= 0.6 is 0 Å². The molecular weight excluding hydrogens is 218 g/mol. The Morgan fingerprint density at radius 2 is 2.24 bits per heavy atom. The molecule has 0 radical (unpaired) electrons. The average molecular weight is 239 g/mol. The summed E-state index contributed by atoms with van der Waals surface area (Å²) >= 11 is 0. The predicted molar refractivity (Wildman–Crippen MR) is 67.8 cm³/mol. The van der Waals surface area contributed by atoms with Crippen molar-refractivity contribution < 1.29 is 4.79 Å². The van der Waals surface area contributed by atoms with E-state index in [0.717, 1.165) is 6.54 Å². The highest BCUT2D eigenvalue weighted by Crippen LogP contribution is 2.11. The van der Waals surface area contributed by atoms with E-state index in [1.54, 1.807) is 6.92 Å². The van der Waals surface area contributed by atoms with E-state index in [4.69, 9.17) is 5.73 Å². The molecule has 0 atom stereocenters. The third kappa shape index (κ3) is 3.45. The SMILES string of the molecule is Cc1[nH]nc(N)c1C(=O)NCCN(C)C(C)C. The molecule has 96 valence electrons. The summed E-state index contributed by atoms with van der Waals surface area (Å²) in [5, 5.41) is 9.31. The molecular formula is C11H21N5O. The lowest BCUT2D eigenvalue weighted by Gasteiger charge is -2.20. The zero-order valence-electron chi connectivity index (χ0n) is 10.9. The summed E-state index contributed by atoms with van der Waals surface area (Å²) in [6.45, 7) is 7.40. The predicted octanol–water partition coefficient (Wildman–Crippen LogP) is 0.370. The smallest absolute Gasteiger partial charge is 0.256 e. The Hall–Kier alpha value is -1.56. The van der Waals surface area contributed by atoms with Gasteiger partial charge in [0.05, 0.1) is 0 Å².